The molecule has 0 unspecified atom stereocenters. The Balaban J connectivity index is 3.25. The van der Waals surface area contributed by atoms with Crippen LogP contribution in [0.2, 0.25) is 0 Å². The van der Waals surface area contributed by atoms with E-state index < -0.39 is 0 Å². The van der Waals surface area contributed by atoms with E-state index in [0.29, 0.717) is 6.42 Å². The number of hydrogen-bond donors (Lipinski definition) is 2. The lowest BCUT2D eigenvalue weighted by Gasteiger charge is -2.03. The molecule has 0 saturated carbocycles. The fourth-order valence-electron chi connectivity index (χ4n) is 1.00. The second-order valence-corrected chi connectivity index (χ2v) is 3.15. The molecule has 2 N–H and O–H groups in total. The molecule has 0 aromatic rings. The minimum absolute atomic E-state index is 0.00177. The average Bonchev–Trinajstić information content (AvgIpc) is 2.09. The predicted molar refractivity (Wildman–Crippen MR) is 53.5 cm³/mol. The van der Waals surface area contributed by atoms with E-state index in [2.05, 4.69) is 18.8 Å². The summed E-state index contributed by atoms with van der Waals surface area (Å²) in [5, 5.41) is 11.3. The van der Waals surface area contributed by atoms with Crippen LogP contribution in [0.5, 0.6) is 0 Å². The molecule has 3 nitrogen and oxygen atoms in total. The van der Waals surface area contributed by atoms with E-state index in [-0.39, 0.29) is 18.2 Å². The Hall–Kier alpha value is -0.990. The SMILES string of the molecule is C=C(O)CNC(=O)CCCCCC. The molecule has 0 aliphatic carbocycles. The maximum absolute atomic E-state index is 11.0. The number of aliphatic hydroxyl groups excluding tert-OH is 1. The van der Waals surface area contributed by atoms with Crippen molar-refractivity contribution in [2.45, 2.75) is 39.0 Å². The van der Waals surface area contributed by atoms with Gasteiger partial charge >= 0.3 is 0 Å². The van der Waals surface area contributed by atoms with Crippen LogP contribution in [0.1, 0.15) is 39.0 Å². The lowest BCUT2D eigenvalue weighted by Crippen LogP contribution is -2.24. The molecule has 0 bridgehead atoms. The number of carbonyl (C=O) groups is 1. The van der Waals surface area contributed by atoms with E-state index >= 15 is 0 Å². The third kappa shape index (κ3) is 8.92. The van der Waals surface area contributed by atoms with Crippen LogP contribution in [-0.2, 0) is 4.79 Å². The Kier molecular flexibility index (Phi) is 7.07. The van der Waals surface area contributed by atoms with Crippen molar-refractivity contribution in [3.8, 4) is 0 Å². The summed E-state index contributed by atoms with van der Waals surface area (Å²) in [4.78, 5) is 11.0. The second-order valence-electron chi connectivity index (χ2n) is 3.15. The fraction of sp³-hybridized carbons (Fsp3) is 0.700. The quantitative estimate of drug-likeness (QED) is 0.471. The van der Waals surface area contributed by atoms with E-state index in [1.54, 1.807) is 0 Å². The Morgan fingerprint density at radius 2 is 2.08 bits per heavy atom. The summed E-state index contributed by atoms with van der Waals surface area (Å²) in [7, 11) is 0. The van der Waals surface area contributed by atoms with Gasteiger partial charge in [-0.05, 0) is 6.42 Å². The van der Waals surface area contributed by atoms with Crippen LogP contribution < -0.4 is 5.32 Å². The summed E-state index contributed by atoms with van der Waals surface area (Å²) in [6.07, 6.45) is 4.93. The van der Waals surface area contributed by atoms with Gasteiger partial charge in [-0.3, -0.25) is 4.79 Å². The standard InChI is InChI=1S/C10H19NO2/c1-3-4-5-6-7-10(13)11-8-9(2)12/h12H,2-8H2,1H3,(H,11,13). The first-order valence-corrected chi connectivity index (χ1v) is 4.80. The average molecular weight is 185 g/mol. The molecule has 0 atom stereocenters. The topological polar surface area (TPSA) is 49.3 Å². The largest absolute Gasteiger partial charge is 0.511 e. The van der Waals surface area contributed by atoms with Gasteiger partial charge in [-0.2, -0.15) is 0 Å². The highest BCUT2D eigenvalue weighted by atomic mass is 16.3. The van der Waals surface area contributed by atoms with E-state index in [1.165, 1.54) is 12.8 Å². The molecule has 0 radical (unpaired) electrons. The summed E-state index contributed by atoms with van der Waals surface area (Å²) in [6.45, 7) is 5.59. The molecule has 0 spiro atoms. The smallest absolute Gasteiger partial charge is 0.220 e. The lowest BCUT2D eigenvalue weighted by molar-refractivity contribution is -0.121. The van der Waals surface area contributed by atoms with Crippen LogP contribution >= 0.6 is 0 Å². The van der Waals surface area contributed by atoms with E-state index in [9.17, 15) is 4.79 Å². The van der Waals surface area contributed by atoms with Gasteiger partial charge in [0.1, 0.15) is 5.76 Å². The van der Waals surface area contributed by atoms with Crippen LogP contribution in [0.4, 0.5) is 0 Å². The monoisotopic (exact) mass is 185 g/mol. The number of aliphatic hydroxyl groups is 1. The Bertz CT molecular complexity index is 166. The van der Waals surface area contributed by atoms with Crippen molar-refractivity contribution in [3.05, 3.63) is 12.3 Å². The molecule has 0 aliphatic heterocycles. The maximum Gasteiger partial charge on any atom is 0.220 e. The van der Waals surface area contributed by atoms with Gasteiger partial charge in [-0.25, -0.2) is 0 Å². The third-order valence-corrected chi connectivity index (χ3v) is 1.75. The van der Waals surface area contributed by atoms with Crippen molar-refractivity contribution >= 4 is 5.91 Å². The second kappa shape index (κ2) is 7.65. The van der Waals surface area contributed by atoms with Crippen molar-refractivity contribution in [2.75, 3.05) is 6.54 Å². The Morgan fingerprint density at radius 3 is 2.62 bits per heavy atom. The molecule has 76 valence electrons. The zero-order valence-corrected chi connectivity index (χ0v) is 8.31. The van der Waals surface area contributed by atoms with Crippen molar-refractivity contribution < 1.29 is 9.90 Å². The molecule has 0 fully saturated rings. The first kappa shape index (κ1) is 12.0. The van der Waals surface area contributed by atoms with Gasteiger partial charge in [-0.15, -0.1) is 0 Å². The molecular formula is C10H19NO2. The van der Waals surface area contributed by atoms with Gasteiger partial charge in [0.25, 0.3) is 0 Å². The zero-order valence-electron chi connectivity index (χ0n) is 8.31. The summed E-state index contributed by atoms with van der Waals surface area (Å²) in [5.41, 5.74) is 0. The first-order valence-electron chi connectivity index (χ1n) is 4.80. The summed E-state index contributed by atoms with van der Waals surface area (Å²) in [6, 6.07) is 0. The number of carbonyl (C=O) groups excluding carboxylic acids is 1. The van der Waals surface area contributed by atoms with Crippen molar-refractivity contribution in [3.63, 3.8) is 0 Å². The van der Waals surface area contributed by atoms with Gasteiger partial charge in [0, 0.05) is 6.42 Å². The highest BCUT2D eigenvalue weighted by Crippen LogP contribution is 2.01. The summed E-state index contributed by atoms with van der Waals surface area (Å²) in [5.74, 6) is -0.00629. The van der Waals surface area contributed by atoms with Crippen molar-refractivity contribution in [2.24, 2.45) is 0 Å². The summed E-state index contributed by atoms with van der Waals surface area (Å²) < 4.78 is 0. The van der Waals surface area contributed by atoms with Crippen molar-refractivity contribution in [1.29, 1.82) is 0 Å². The number of unbranched alkanes of at least 4 members (excludes halogenated alkanes) is 3. The number of nitrogens with one attached hydrogen (secondary N) is 1. The van der Waals surface area contributed by atoms with Crippen LogP contribution in [0.3, 0.4) is 0 Å². The minimum Gasteiger partial charge on any atom is -0.511 e. The molecule has 0 heterocycles. The Morgan fingerprint density at radius 1 is 1.38 bits per heavy atom. The van der Waals surface area contributed by atoms with Gasteiger partial charge < -0.3 is 10.4 Å². The van der Waals surface area contributed by atoms with Crippen LogP contribution in [-0.4, -0.2) is 17.6 Å². The third-order valence-electron chi connectivity index (χ3n) is 1.75. The van der Waals surface area contributed by atoms with Crippen molar-refractivity contribution in [1.82, 2.24) is 5.32 Å². The molecule has 13 heavy (non-hydrogen) atoms. The van der Waals surface area contributed by atoms with Gasteiger partial charge in [0.05, 0.1) is 6.54 Å². The molecular weight excluding hydrogens is 166 g/mol. The van der Waals surface area contributed by atoms with Gasteiger partial charge in [0.15, 0.2) is 0 Å². The number of hydrogen-bond acceptors (Lipinski definition) is 2. The highest BCUT2D eigenvalue weighted by Gasteiger charge is 1.99. The Labute approximate surface area is 79.8 Å². The first-order chi connectivity index (χ1) is 6.16. The molecule has 1 amide bonds. The van der Waals surface area contributed by atoms with E-state index in [0.717, 1.165) is 12.8 Å². The van der Waals surface area contributed by atoms with Gasteiger partial charge in [0.2, 0.25) is 5.91 Å². The van der Waals surface area contributed by atoms with Crippen LogP contribution in [0.25, 0.3) is 0 Å². The van der Waals surface area contributed by atoms with Crippen LogP contribution in [0, 0.1) is 0 Å². The van der Waals surface area contributed by atoms with Gasteiger partial charge in [-0.1, -0.05) is 32.8 Å². The molecule has 0 rings (SSSR count). The molecule has 0 aromatic carbocycles. The van der Waals surface area contributed by atoms with E-state index in [4.69, 9.17) is 5.11 Å². The molecule has 0 aromatic heterocycles. The fourth-order valence-corrected chi connectivity index (χ4v) is 1.00. The number of rotatable bonds is 7. The lowest BCUT2D eigenvalue weighted by atomic mass is 10.1. The zero-order chi connectivity index (χ0) is 10.1. The molecule has 0 saturated heterocycles. The predicted octanol–water partition coefficient (Wildman–Crippen LogP) is 2.14. The summed E-state index contributed by atoms with van der Waals surface area (Å²) >= 11 is 0. The van der Waals surface area contributed by atoms with E-state index in [1.807, 2.05) is 0 Å². The maximum atomic E-state index is 11.0. The molecule has 0 aliphatic rings. The minimum atomic E-state index is -0.00805. The molecule has 3 heteroatoms. The normalized spacial score (nSPS) is 9.62. The highest BCUT2D eigenvalue weighted by molar-refractivity contribution is 5.75. The number of amides is 1. The van der Waals surface area contributed by atoms with Crippen LogP contribution in [0.15, 0.2) is 12.3 Å².